The number of rotatable bonds is 4. The van der Waals surface area contributed by atoms with Crippen molar-refractivity contribution in [2.45, 2.75) is 59.9 Å². The summed E-state index contributed by atoms with van der Waals surface area (Å²) in [5.74, 6) is 0.855. The summed E-state index contributed by atoms with van der Waals surface area (Å²) in [6.45, 7) is 12.6. The highest BCUT2D eigenvalue weighted by Gasteiger charge is 2.18. The molecule has 0 amide bonds. The van der Waals surface area contributed by atoms with Gasteiger partial charge in [0.15, 0.2) is 0 Å². The van der Waals surface area contributed by atoms with E-state index in [1.54, 1.807) is 4.68 Å². The highest BCUT2D eigenvalue weighted by Crippen LogP contribution is 2.18. The van der Waals surface area contributed by atoms with Gasteiger partial charge in [0.05, 0.1) is 0 Å². The monoisotopic (exact) mass is 224 g/mol. The molecule has 0 saturated heterocycles. The molecule has 1 N–H and O–H groups in total. The summed E-state index contributed by atoms with van der Waals surface area (Å²) in [6.07, 6.45) is 0.947. The molecule has 0 unspecified atom stereocenters. The average molecular weight is 224 g/mol. The summed E-state index contributed by atoms with van der Waals surface area (Å²) in [4.78, 5) is 12.2. The molecule has 0 saturated carbocycles. The minimum Gasteiger partial charge on any atom is -0.299 e. The van der Waals surface area contributed by atoms with E-state index in [-0.39, 0.29) is 17.5 Å². The third kappa shape index (κ3) is 2.57. The van der Waals surface area contributed by atoms with Gasteiger partial charge >= 0.3 is 0 Å². The van der Waals surface area contributed by atoms with Gasteiger partial charge in [0.2, 0.25) is 0 Å². The summed E-state index contributed by atoms with van der Waals surface area (Å²) in [7, 11) is 0. The van der Waals surface area contributed by atoms with Gasteiger partial charge in [-0.15, -0.1) is 0 Å². The minimum absolute atomic E-state index is 0.153. The fraction of sp³-hybridized carbons (Fsp3) is 0.769. The van der Waals surface area contributed by atoms with Crippen LogP contribution in [0.2, 0.25) is 0 Å². The number of hydrogen-bond donors (Lipinski definition) is 1. The molecule has 0 spiro atoms. The Bertz CT molecular complexity index is 397. The van der Waals surface area contributed by atoms with Crippen molar-refractivity contribution >= 4 is 0 Å². The fourth-order valence-corrected chi connectivity index (χ4v) is 2.04. The molecule has 0 radical (unpaired) electrons. The van der Waals surface area contributed by atoms with E-state index < -0.39 is 0 Å². The first kappa shape index (κ1) is 13.1. The van der Waals surface area contributed by atoms with Crippen LogP contribution < -0.4 is 5.56 Å². The number of H-pyrrole nitrogens is 1. The van der Waals surface area contributed by atoms with Gasteiger partial charge in [-0.25, -0.2) is 0 Å². The molecule has 3 nitrogen and oxygen atoms in total. The van der Waals surface area contributed by atoms with E-state index >= 15 is 0 Å². The first-order chi connectivity index (χ1) is 7.34. The minimum atomic E-state index is 0.153. The van der Waals surface area contributed by atoms with E-state index in [1.807, 2.05) is 13.8 Å². The van der Waals surface area contributed by atoms with Crippen molar-refractivity contribution in [3.63, 3.8) is 0 Å². The van der Waals surface area contributed by atoms with Crippen molar-refractivity contribution in [2.24, 2.45) is 5.92 Å². The lowest BCUT2D eigenvalue weighted by Gasteiger charge is -2.07. The molecule has 1 rings (SSSR count). The second-order valence-corrected chi connectivity index (χ2v) is 5.53. The number of nitrogens with zero attached hydrogens (tertiary/aromatic N) is 1. The zero-order valence-corrected chi connectivity index (χ0v) is 11.3. The maximum absolute atomic E-state index is 12.2. The van der Waals surface area contributed by atoms with E-state index in [0.29, 0.717) is 5.92 Å². The highest BCUT2D eigenvalue weighted by molar-refractivity contribution is 5.21. The van der Waals surface area contributed by atoms with Crippen molar-refractivity contribution in [3.05, 3.63) is 21.6 Å². The van der Waals surface area contributed by atoms with Crippen LogP contribution in [0.15, 0.2) is 4.79 Å². The molecule has 0 aliphatic carbocycles. The first-order valence-corrected chi connectivity index (χ1v) is 6.17. The topological polar surface area (TPSA) is 37.8 Å². The van der Waals surface area contributed by atoms with Crippen LogP contribution in [-0.2, 0) is 6.42 Å². The third-order valence-corrected chi connectivity index (χ3v) is 2.74. The van der Waals surface area contributed by atoms with Gasteiger partial charge in [-0.05, 0) is 32.1 Å². The van der Waals surface area contributed by atoms with Gasteiger partial charge in [0.1, 0.15) is 0 Å². The molecule has 1 aromatic heterocycles. The summed E-state index contributed by atoms with van der Waals surface area (Å²) < 4.78 is 1.74. The molecule has 0 aliphatic heterocycles. The standard InChI is InChI=1S/C13H24N2O/c1-8(2)7-11-12(9(3)4)13(16)15(14-11)10(5)6/h8-10,14H,7H2,1-6H3. The lowest BCUT2D eigenvalue weighted by molar-refractivity contribution is 0.505. The quantitative estimate of drug-likeness (QED) is 0.838. The second kappa shape index (κ2) is 4.89. The fourth-order valence-electron chi connectivity index (χ4n) is 2.04. The Morgan fingerprint density at radius 2 is 1.69 bits per heavy atom. The SMILES string of the molecule is CC(C)Cc1[nH]n(C(C)C)c(=O)c1C(C)C. The van der Waals surface area contributed by atoms with Crippen LogP contribution in [0.1, 0.15) is 64.8 Å². The molecular formula is C13H24N2O. The van der Waals surface area contributed by atoms with Crippen LogP contribution in [-0.4, -0.2) is 9.78 Å². The van der Waals surface area contributed by atoms with Gasteiger partial charge in [-0.3, -0.25) is 14.6 Å². The van der Waals surface area contributed by atoms with E-state index in [4.69, 9.17) is 0 Å². The molecule has 0 bridgehead atoms. The molecule has 1 aromatic rings. The number of nitrogens with one attached hydrogen (secondary N) is 1. The van der Waals surface area contributed by atoms with Crippen molar-refractivity contribution in [1.29, 1.82) is 0 Å². The van der Waals surface area contributed by atoms with Crippen LogP contribution >= 0.6 is 0 Å². The van der Waals surface area contributed by atoms with Gasteiger partial charge < -0.3 is 0 Å². The predicted octanol–water partition coefficient (Wildman–Crippen LogP) is 3.08. The maximum Gasteiger partial charge on any atom is 0.270 e. The lowest BCUT2D eigenvalue weighted by Crippen LogP contribution is -2.21. The Kier molecular flexibility index (Phi) is 4.00. The summed E-state index contributed by atoms with van der Waals surface area (Å²) >= 11 is 0. The van der Waals surface area contributed by atoms with Gasteiger partial charge in [0, 0.05) is 17.3 Å². The largest absolute Gasteiger partial charge is 0.299 e. The average Bonchev–Trinajstić information content (AvgIpc) is 2.41. The van der Waals surface area contributed by atoms with Gasteiger partial charge in [-0.2, -0.15) is 0 Å². The predicted molar refractivity (Wildman–Crippen MR) is 68.1 cm³/mol. The highest BCUT2D eigenvalue weighted by atomic mass is 16.1. The van der Waals surface area contributed by atoms with Crippen LogP contribution in [0.5, 0.6) is 0 Å². The summed E-state index contributed by atoms with van der Waals surface area (Å²) in [6, 6.07) is 0.200. The van der Waals surface area contributed by atoms with Crippen LogP contribution in [0.3, 0.4) is 0 Å². The Hall–Kier alpha value is -0.990. The van der Waals surface area contributed by atoms with E-state index in [9.17, 15) is 4.79 Å². The van der Waals surface area contributed by atoms with Crippen molar-refractivity contribution in [1.82, 2.24) is 9.78 Å². The molecule has 16 heavy (non-hydrogen) atoms. The molecule has 0 fully saturated rings. The number of hydrogen-bond acceptors (Lipinski definition) is 1. The third-order valence-electron chi connectivity index (χ3n) is 2.74. The zero-order valence-electron chi connectivity index (χ0n) is 11.3. The van der Waals surface area contributed by atoms with Crippen molar-refractivity contribution in [3.8, 4) is 0 Å². The smallest absolute Gasteiger partial charge is 0.270 e. The Labute approximate surface area is 97.8 Å². The molecule has 0 aliphatic rings. The molecule has 92 valence electrons. The summed E-state index contributed by atoms with van der Waals surface area (Å²) in [5.41, 5.74) is 2.23. The van der Waals surface area contributed by atoms with Gasteiger partial charge in [-0.1, -0.05) is 27.7 Å². The Balaban J connectivity index is 3.26. The molecular weight excluding hydrogens is 200 g/mol. The Morgan fingerprint density at radius 3 is 2.06 bits per heavy atom. The van der Waals surface area contributed by atoms with E-state index in [1.165, 1.54) is 0 Å². The number of aromatic amines is 1. The second-order valence-electron chi connectivity index (χ2n) is 5.53. The van der Waals surface area contributed by atoms with Gasteiger partial charge in [0.25, 0.3) is 5.56 Å². The zero-order chi connectivity index (χ0) is 12.5. The molecule has 0 aromatic carbocycles. The Morgan fingerprint density at radius 1 is 1.12 bits per heavy atom. The molecule has 0 atom stereocenters. The van der Waals surface area contributed by atoms with E-state index in [0.717, 1.165) is 17.7 Å². The molecule has 1 heterocycles. The number of aromatic nitrogens is 2. The normalized spacial score (nSPS) is 12.1. The van der Waals surface area contributed by atoms with Crippen LogP contribution in [0, 0.1) is 5.92 Å². The summed E-state index contributed by atoms with van der Waals surface area (Å²) in [5, 5.41) is 3.27. The van der Waals surface area contributed by atoms with E-state index in [2.05, 4.69) is 32.8 Å². The van der Waals surface area contributed by atoms with Crippen LogP contribution in [0.4, 0.5) is 0 Å². The van der Waals surface area contributed by atoms with Crippen molar-refractivity contribution < 1.29 is 0 Å². The lowest BCUT2D eigenvalue weighted by atomic mass is 9.98. The maximum atomic E-state index is 12.2. The first-order valence-electron chi connectivity index (χ1n) is 6.17. The van der Waals surface area contributed by atoms with Crippen LogP contribution in [0.25, 0.3) is 0 Å². The molecule has 3 heteroatoms. The van der Waals surface area contributed by atoms with Crippen molar-refractivity contribution in [2.75, 3.05) is 0 Å².